The number of carbonyl (C=O) groups is 1. The molecule has 2 aromatic carbocycles. The highest BCUT2D eigenvalue weighted by Crippen LogP contribution is 2.22. The van der Waals surface area contributed by atoms with E-state index < -0.39 is 0 Å². The zero-order valence-electron chi connectivity index (χ0n) is 15.4. The average molecular weight is 366 g/mol. The fourth-order valence-corrected chi connectivity index (χ4v) is 3.32. The van der Waals surface area contributed by atoms with Crippen LogP contribution in [0.15, 0.2) is 42.5 Å². The highest BCUT2D eigenvalue weighted by molar-refractivity contribution is 5.94. The van der Waals surface area contributed by atoms with Crippen LogP contribution in [0.2, 0.25) is 0 Å². The molecule has 4 rings (SSSR count). The second kappa shape index (κ2) is 7.19. The van der Waals surface area contributed by atoms with Crippen molar-refractivity contribution in [2.24, 2.45) is 0 Å². The number of fused-ring (bicyclic) bond motifs is 1. The summed E-state index contributed by atoms with van der Waals surface area (Å²) in [6, 6.07) is 13.5. The van der Waals surface area contributed by atoms with Crippen molar-refractivity contribution in [3.63, 3.8) is 0 Å². The van der Waals surface area contributed by atoms with Crippen LogP contribution in [0.25, 0.3) is 11.0 Å². The number of aromatic amines is 1. The Morgan fingerprint density at radius 1 is 0.963 bits per heavy atom. The van der Waals surface area contributed by atoms with Crippen molar-refractivity contribution in [1.82, 2.24) is 14.9 Å². The summed E-state index contributed by atoms with van der Waals surface area (Å²) in [5.41, 5.74) is 2.70. The summed E-state index contributed by atoms with van der Waals surface area (Å²) in [7, 11) is 3.27. The van der Waals surface area contributed by atoms with E-state index in [-0.39, 0.29) is 5.91 Å². The van der Waals surface area contributed by atoms with Crippen LogP contribution < -0.4 is 14.4 Å². The Morgan fingerprint density at radius 3 is 2.30 bits per heavy atom. The number of hydrogen-bond donors (Lipinski definition) is 1. The van der Waals surface area contributed by atoms with Crippen molar-refractivity contribution >= 4 is 22.6 Å². The lowest BCUT2D eigenvalue weighted by Gasteiger charge is -2.35. The number of aromatic nitrogens is 2. The third-order valence-corrected chi connectivity index (χ3v) is 4.90. The van der Waals surface area contributed by atoms with Gasteiger partial charge in [-0.3, -0.25) is 4.79 Å². The molecule has 3 aromatic rings. The van der Waals surface area contributed by atoms with E-state index in [1.54, 1.807) is 14.2 Å². The Kier molecular flexibility index (Phi) is 4.58. The summed E-state index contributed by atoms with van der Waals surface area (Å²) in [6.07, 6.45) is 0. The fourth-order valence-electron chi connectivity index (χ4n) is 3.32. The van der Waals surface area contributed by atoms with Gasteiger partial charge >= 0.3 is 0 Å². The second-order valence-corrected chi connectivity index (χ2v) is 6.45. The minimum atomic E-state index is -0.0699. The van der Waals surface area contributed by atoms with E-state index in [9.17, 15) is 4.79 Å². The van der Waals surface area contributed by atoms with Crippen LogP contribution in [0.1, 0.15) is 10.6 Å². The summed E-state index contributed by atoms with van der Waals surface area (Å²) in [5.74, 6) is 1.87. The molecule has 0 unspecified atom stereocenters. The van der Waals surface area contributed by atoms with E-state index >= 15 is 0 Å². The molecule has 1 aliphatic rings. The van der Waals surface area contributed by atoms with Crippen LogP contribution in [0, 0.1) is 0 Å². The smallest absolute Gasteiger partial charge is 0.289 e. The molecule has 7 nitrogen and oxygen atoms in total. The molecular formula is C20H22N4O3. The monoisotopic (exact) mass is 366 g/mol. The molecule has 1 saturated heterocycles. The molecule has 1 aromatic heterocycles. The van der Waals surface area contributed by atoms with Gasteiger partial charge in [0.2, 0.25) is 0 Å². The highest BCUT2D eigenvalue weighted by atomic mass is 16.5. The highest BCUT2D eigenvalue weighted by Gasteiger charge is 2.24. The van der Waals surface area contributed by atoms with Crippen molar-refractivity contribution < 1.29 is 14.3 Å². The zero-order chi connectivity index (χ0) is 18.8. The van der Waals surface area contributed by atoms with Gasteiger partial charge in [0, 0.05) is 37.9 Å². The maximum Gasteiger partial charge on any atom is 0.289 e. The number of piperazine rings is 1. The van der Waals surface area contributed by atoms with Crippen molar-refractivity contribution in [3.8, 4) is 11.5 Å². The van der Waals surface area contributed by atoms with E-state index in [0.29, 0.717) is 18.9 Å². The quantitative estimate of drug-likeness (QED) is 0.768. The van der Waals surface area contributed by atoms with Crippen molar-refractivity contribution in [1.29, 1.82) is 0 Å². The van der Waals surface area contributed by atoms with Gasteiger partial charge in [0.1, 0.15) is 11.5 Å². The number of carbonyl (C=O) groups excluding carboxylic acids is 1. The van der Waals surface area contributed by atoms with Gasteiger partial charge in [0.05, 0.1) is 25.3 Å². The molecule has 1 aliphatic heterocycles. The van der Waals surface area contributed by atoms with Gasteiger partial charge in [0.25, 0.3) is 5.91 Å². The van der Waals surface area contributed by atoms with Crippen LogP contribution in [0.4, 0.5) is 5.69 Å². The lowest BCUT2D eigenvalue weighted by Crippen LogP contribution is -2.49. The predicted molar refractivity (Wildman–Crippen MR) is 104 cm³/mol. The van der Waals surface area contributed by atoms with E-state index in [4.69, 9.17) is 9.47 Å². The minimum absolute atomic E-state index is 0.0699. The number of H-pyrrole nitrogens is 1. The SMILES string of the molecule is COc1ccc(N2CCN(C(=O)c3nc4cc(OC)ccc4[nH]3)CC2)cc1. The number of ether oxygens (including phenoxy) is 2. The maximum absolute atomic E-state index is 12.8. The van der Waals surface area contributed by atoms with Gasteiger partial charge in [-0.05, 0) is 36.4 Å². The Labute approximate surface area is 157 Å². The molecular weight excluding hydrogens is 344 g/mol. The van der Waals surface area contributed by atoms with E-state index in [1.807, 2.05) is 47.4 Å². The maximum atomic E-state index is 12.8. The Morgan fingerprint density at radius 2 is 1.63 bits per heavy atom. The standard InChI is InChI=1S/C20H22N4O3/c1-26-15-5-3-14(4-6-15)23-9-11-24(12-10-23)20(25)19-21-17-8-7-16(27-2)13-18(17)22-19/h3-8,13H,9-12H2,1-2H3,(H,21,22). The topological polar surface area (TPSA) is 70.7 Å². The summed E-state index contributed by atoms with van der Waals surface area (Å²) >= 11 is 0. The Balaban J connectivity index is 1.43. The van der Waals surface area contributed by atoms with Gasteiger partial charge in [-0.15, -0.1) is 0 Å². The van der Waals surface area contributed by atoms with Gasteiger partial charge in [-0.25, -0.2) is 4.98 Å². The van der Waals surface area contributed by atoms with E-state index in [1.165, 1.54) is 0 Å². The molecule has 0 atom stereocenters. The summed E-state index contributed by atoms with van der Waals surface area (Å²) in [4.78, 5) is 24.5. The molecule has 0 saturated carbocycles. The molecule has 1 fully saturated rings. The first-order valence-corrected chi connectivity index (χ1v) is 8.90. The lowest BCUT2D eigenvalue weighted by molar-refractivity contribution is 0.0736. The van der Waals surface area contributed by atoms with E-state index in [2.05, 4.69) is 14.9 Å². The fraction of sp³-hybridized carbons (Fsp3) is 0.300. The first-order chi connectivity index (χ1) is 13.2. The number of nitrogens with zero attached hydrogens (tertiary/aromatic N) is 3. The van der Waals surface area contributed by atoms with E-state index in [0.717, 1.165) is 41.3 Å². The van der Waals surface area contributed by atoms with Crippen LogP contribution in [0.3, 0.4) is 0 Å². The minimum Gasteiger partial charge on any atom is -0.497 e. The molecule has 0 radical (unpaired) electrons. The van der Waals surface area contributed by atoms with Crippen LogP contribution >= 0.6 is 0 Å². The Bertz CT molecular complexity index is 944. The summed E-state index contributed by atoms with van der Waals surface area (Å²) in [5, 5.41) is 0. The molecule has 2 heterocycles. The third kappa shape index (κ3) is 3.40. The number of amides is 1. The van der Waals surface area contributed by atoms with Crippen LogP contribution in [0.5, 0.6) is 11.5 Å². The van der Waals surface area contributed by atoms with Gasteiger partial charge in [0.15, 0.2) is 5.82 Å². The zero-order valence-corrected chi connectivity index (χ0v) is 15.4. The molecule has 1 amide bonds. The number of benzene rings is 2. The third-order valence-electron chi connectivity index (χ3n) is 4.90. The number of hydrogen-bond acceptors (Lipinski definition) is 5. The summed E-state index contributed by atoms with van der Waals surface area (Å²) < 4.78 is 10.4. The molecule has 0 bridgehead atoms. The molecule has 0 aliphatic carbocycles. The number of rotatable bonds is 4. The van der Waals surface area contributed by atoms with Crippen LogP contribution in [-0.2, 0) is 0 Å². The number of nitrogens with one attached hydrogen (secondary N) is 1. The molecule has 7 heteroatoms. The number of methoxy groups -OCH3 is 2. The summed E-state index contributed by atoms with van der Waals surface area (Å²) in [6.45, 7) is 2.88. The normalized spacial score (nSPS) is 14.4. The molecule has 0 spiro atoms. The number of anilines is 1. The lowest BCUT2D eigenvalue weighted by atomic mass is 10.2. The largest absolute Gasteiger partial charge is 0.497 e. The Hall–Kier alpha value is -3.22. The van der Waals surface area contributed by atoms with Gasteiger partial charge in [-0.2, -0.15) is 0 Å². The number of imidazole rings is 1. The average Bonchev–Trinajstić information content (AvgIpc) is 3.16. The first-order valence-electron chi connectivity index (χ1n) is 8.90. The molecule has 140 valence electrons. The van der Waals surface area contributed by atoms with Gasteiger partial charge < -0.3 is 24.3 Å². The van der Waals surface area contributed by atoms with Crippen molar-refractivity contribution in [2.75, 3.05) is 45.3 Å². The van der Waals surface area contributed by atoms with Gasteiger partial charge in [-0.1, -0.05) is 0 Å². The molecule has 27 heavy (non-hydrogen) atoms. The van der Waals surface area contributed by atoms with Crippen LogP contribution in [-0.4, -0.2) is 61.2 Å². The second-order valence-electron chi connectivity index (χ2n) is 6.45. The van der Waals surface area contributed by atoms with Crippen molar-refractivity contribution in [3.05, 3.63) is 48.3 Å². The molecule has 1 N–H and O–H groups in total. The first kappa shape index (κ1) is 17.2. The predicted octanol–water partition coefficient (Wildman–Crippen LogP) is 2.54. The van der Waals surface area contributed by atoms with Crippen molar-refractivity contribution in [2.45, 2.75) is 0 Å².